The molecular weight excluding hydrogens is 242 g/mol. The molecule has 0 atom stereocenters. The molecule has 1 fully saturated rings. The molecule has 0 unspecified atom stereocenters. The monoisotopic (exact) mass is 263 g/mol. The quantitative estimate of drug-likeness (QED) is 0.827. The predicted molar refractivity (Wildman–Crippen MR) is 75.2 cm³/mol. The van der Waals surface area contributed by atoms with Crippen molar-refractivity contribution in [2.45, 2.75) is 26.7 Å². The van der Waals surface area contributed by atoms with Gasteiger partial charge in [-0.2, -0.15) is 0 Å². The van der Waals surface area contributed by atoms with Crippen LogP contribution in [0.4, 0.5) is 11.5 Å². The molecule has 2 N–H and O–H groups in total. The summed E-state index contributed by atoms with van der Waals surface area (Å²) in [7, 11) is 1.35. The summed E-state index contributed by atoms with van der Waals surface area (Å²) in [6, 6.07) is 3.32. The highest BCUT2D eigenvalue weighted by atomic mass is 16.5. The van der Waals surface area contributed by atoms with E-state index in [1.54, 1.807) is 12.1 Å². The lowest BCUT2D eigenvalue weighted by Crippen LogP contribution is -2.41. The van der Waals surface area contributed by atoms with E-state index in [4.69, 9.17) is 10.5 Å². The Balaban J connectivity index is 2.30. The third-order valence-corrected chi connectivity index (χ3v) is 3.50. The molecule has 1 aliphatic rings. The highest BCUT2D eigenvalue weighted by molar-refractivity contribution is 5.88. The number of hydrogen-bond donors (Lipinski definition) is 1. The van der Waals surface area contributed by atoms with Crippen molar-refractivity contribution in [3.05, 3.63) is 17.8 Å². The van der Waals surface area contributed by atoms with Crippen LogP contribution in [0.15, 0.2) is 12.1 Å². The first-order valence-electron chi connectivity index (χ1n) is 6.53. The van der Waals surface area contributed by atoms with Crippen molar-refractivity contribution < 1.29 is 9.53 Å². The summed E-state index contributed by atoms with van der Waals surface area (Å²) in [4.78, 5) is 18.1. The number of carbonyl (C=O) groups excluding carboxylic acids is 1. The van der Waals surface area contributed by atoms with Crippen LogP contribution in [0.5, 0.6) is 0 Å². The maximum atomic E-state index is 11.5. The molecule has 2 rings (SSSR count). The minimum absolute atomic E-state index is 0.244. The number of nitrogens with two attached hydrogens (primary N) is 1. The number of piperidine rings is 1. The molecule has 1 saturated heterocycles. The Hall–Kier alpha value is -1.78. The molecule has 5 heteroatoms. The Morgan fingerprint density at radius 1 is 1.47 bits per heavy atom. The number of rotatable bonds is 2. The number of methoxy groups -OCH3 is 1. The lowest BCUT2D eigenvalue weighted by atomic mass is 9.84. The van der Waals surface area contributed by atoms with E-state index in [0.717, 1.165) is 19.5 Å². The van der Waals surface area contributed by atoms with Crippen molar-refractivity contribution in [3.63, 3.8) is 0 Å². The highest BCUT2D eigenvalue weighted by Gasteiger charge is 2.28. The molecule has 1 aliphatic heterocycles. The number of nitrogens with zero attached hydrogens (tertiary/aromatic N) is 2. The zero-order valence-corrected chi connectivity index (χ0v) is 11.8. The number of anilines is 2. The summed E-state index contributed by atoms with van der Waals surface area (Å²) in [6.45, 7) is 6.29. The van der Waals surface area contributed by atoms with Crippen LogP contribution in [0.3, 0.4) is 0 Å². The van der Waals surface area contributed by atoms with E-state index in [2.05, 4.69) is 23.7 Å². The molecule has 2 heterocycles. The number of nitrogen functional groups attached to an aromatic ring is 1. The van der Waals surface area contributed by atoms with Gasteiger partial charge in [-0.15, -0.1) is 0 Å². The van der Waals surface area contributed by atoms with E-state index >= 15 is 0 Å². The lowest BCUT2D eigenvalue weighted by Gasteiger charge is -2.39. The zero-order valence-electron chi connectivity index (χ0n) is 11.8. The third kappa shape index (κ3) is 2.97. The number of pyridine rings is 1. The Bertz CT molecular complexity index is 486. The molecule has 0 bridgehead atoms. The van der Waals surface area contributed by atoms with Crippen molar-refractivity contribution in [1.82, 2.24) is 4.98 Å². The normalized spacial score (nSPS) is 18.2. The molecule has 0 amide bonds. The van der Waals surface area contributed by atoms with Gasteiger partial charge in [0.05, 0.1) is 12.8 Å². The first kappa shape index (κ1) is 13.6. The molecule has 1 aromatic heterocycles. The van der Waals surface area contributed by atoms with Gasteiger partial charge in [0, 0.05) is 13.1 Å². The van der Waals surface area contributed by atoms with Crippen molar-refractivity contribution in [2.75, 3.05) is 30.8 Å². The fourth-order valence-corrected chi connectivity index (χ4v) is 2.53. The van der Waals surface area contributed by atoms with Gasteiger partial charge in [0.1, 0.15) is 0 Å². The summed E-state index contributed by atoms with van der Waals surface area (Å²) in [5.74, 6) is 0.258. The number of esters is 1. The molecule has 0 spiro atoms. The van der Waals surface area contributed by atoms with Crippen LogP contribution in [0.1, 0.15) is 37.2 Å². The lowest BCUT2D eigenvalue weighted by molar-refractivity contribution is 0.0594. The largest absolute Gasteiger partial charge is 0.464 e. The van der Waals surface area contributed by atoms with Crippen molar-refractivity contribution in [3.8, 4) is 0 Å². The smallest absolute Gasteiger partial charge is 0.356 e. The van der Waals surface area contributed by atoms with Crippen LogP contribution in [0.25, 0.3) is 0 Å². The van der Waals surface area contributed by atoms with E-state index in [9.17, 15) is 4.79 Å². The van der Waals surface area contributed by atoms with Gasteiger partial charge in [-0.05, 0) is 30.4 Å². The van der Waals surface area contributed by atoms with Crippen LogP contribution in [0, 0.1) is 5.41 Å². The summed E-state index contributed by atoms with van der Waals surface area (Å²) in [6.07, 6.45) is 2.30. The summed E-state index contributed by atoms with van der Waals surface area (Å²) < 4.78 is 4.70. The molecule has 1 aromatic rings. The average molecular weight is 263 g/mol. The molecule has 19 heavy (non-hydrogen) atoms. The van der Waals surface area contributed by atoms with E-state index in [1.807, 2.05) is 0 Å². The Labute approximate surface area is 113 Å². The standard InChI is InChI=1S/C14H21N3O2/c1-14(2)7-4-8-17(9-14)12-10(15)5-6-11(16-12)13(18)19-3/h5-6H,4,7-9,15H2,1-3H3. The van der Waals surface area contributed by atoms with Crippen molar-refractivity contribution in [2.24, 2.45) is 5.41 Å². The van der Waals surface area contributed by atoms with Crippen LogP contribution in [-0.2, 0) is 4.74 Å². The fourth-order valence-electron chi connectivity index (χ4n) is 2.53. The Morgan fingerprint density at radius 3 is 2.84 bits per heavy atom. The first-order chi connectivity index (χ1) is 8.93. The van der Waals surface area contributed by atoms with Crippen LogP contribution >= 0.6 is 0 Å². The maximum Gasteiger partial charge on any atom is 0.356 e. The van der Waals surface area contributed by atoms with Gasteiger partial charge in [-0.25, -0.2) is 9.78 Å². The zero-order chi connectivity index (χ0) is 14.0. The van der Waals surface area contributed by atoms with Gasteiger partial charge in [-0.1, -0.05) is 13.8 Å². The molecule has 5 nitrogen and oxygen atoms in total. The minimum atomic E-state index is -0.433. The number of ether oxygens (including phenoxy) is 1. The second-order valence-corrected chi connectivity index (χ2v) is 5.79. The highest BCUT2D eigenvalue weighted by Crippen LogP contribution is 2.33. The minimum Gasteiger partial charge on any atom is -0.464 e. The Kier molecular flexibility index (Phi) is 3.64. The topological polar surface area (TPSA) is 68.5 Å². The van der Waals surface area contributed by atoms with E-state index in [-0.39, 0.29) is 5.41 Å². The predicted octanol–water partition coefficient (Wildman–Crippen LogP) is 2.08. The molecular formula is C14H21N3O2. The van der Waals surface area contributed by atoms with Gasteiger partial charge in [0.25, 0.3) is 0 Å². The Morgan fingerprint density at radius 2 is 2.21 bits per heavy atom. The second-order valence-electron chi connectivity index (χ2n) is 5.79. The van der Waals surface area contributed by atoms with Crippen LogP contribution in [-0.4, -0.2) is 31.2 Å². The number of carbonyl (C=O) groups is 1. The fraction of sp³-hybridized carbons (Fsp3) is 0.571. The van der Waals surface area contributed by atoms with Gasteiger partial charge >= 0.3 is 5.97 Å². The molecule has 104 valence electrons. The molecule has 0 aromatic carbocycles. The maximum absolute atomic E-state index is 11.5. The van der Waals surface area contributed by atoms with E-state index in [1.165, 1.54) is 13.5 Å². The number of hydrogen-bond acceptors (Lipinski definition) is 5. The van der Waals surface area contributed by atoms with Crippen molar-refractivity contribution >= 4 is 17.5 Å². The molecule has 0 radical (unpaired) electrons. The summed E-state index contributed by atoms with van der Waals surface area (Å²) >= 11 is 0. The number of aromatic nitrogens is 1. The summed E-state index contributed by atoms with van der Waals surface area (Å²) in [5, 5.41) is 0. The molecule has 0 aliphatic carbocycles. The summed E-state index contributed by atoms with van der Waals surface area (Å²) in [5.41, 5.74) is 7.14. The van der Waals surface area contributed by atoms with Gasteiger partial charge < -0.3 is 15.4 Å². The van der Waals surface area contributed by atoms with Gasteiger partial charge in [0.2, 0.25) is 0 Å². The first-order valence-corrected chi connectivity index (χ1v) is 6.53. The van der Waals surface area contributed by atoms with E-state index < -0.39 is 5.97 Å². The van der Waals surface area contributed by atoms with E-state index in [0.29, 0.717) is 17.2 Å². The van der Waals surface area contributed by atoms with Gasteiger partial charge in [0.15, 0.2) is 11.5 Å². The van der Waals surface area contributed by atoms with Crippen LogP contribution in [0.2, 0.25) is 0 Å². The van der Waals surface area contributed by atoms with Crippen LogP contribution < -0.4 is 10.6 Å². The van der Waals surface area contributed by atoms with Gasteiger partial charge in [-0.3, -0.25) is 0 Å². The second kappa shape index (κ2) is 5.07. The third-order valence-electron chi connectivity index (χ3n) is 3.50. The average Bonchev–Trinajstić information content (AvgIpc) is 2.37. The molecule has 0 saturated carbocycles. The SMILES string of the molecule is COC(=O)c1ccc(N)c(N2CCCC(C)(C)C2)n1. The van der Waals surface area contributed by atoms with Crippen molar-refractivity contribution in [1.29, 1.82) is 0 Å².